The van der Waals surface area contributed by atoms with Gasteiger partial charge in [0, 0.05) is 11.9 Å². The van der Waals surface area contributed by atoms with Gasteiger partial charge in [-0.3, -0.25) is 14.1 Å². The van der Waals surface area contributed by atoms with Gasteiger partial charge in [-0.2, -0.15) is 4.36 Å². The van der Waals surface area contributed by atoms with Crippen molar-refractivity contribution >= 4 is 59.0 Å². The molecule has 194 valence electrons. The lowest BCUT2D eigenvalue weighted by molar-refractivity contribution is 0.478. The molecule has 0 fully saturated rings. The molecule has 0 amide bonds. The highest BCUT2D eigenvalue weighted by molar-refractivity contribution is 7.93. The molecule has 0 aliphatic carbocycles. The number of fused-ring (bicyclic) bond motifs is 6. The van der Waals surface area contributed by atoms with Crippen LogP contribution in [0.2, 0.25) is 0 Å². The van der Waals surface area contributed by atoms with Crippen LogP contribution >= 0.6 is 0 Å². The third kappa shape index (κ3) is 3.90. The maximum absolute atomic E-state index is 13.8. The zero-order valence-corrected chi connectivity index (χ0v) is 21.6. The van der Waals surface area contributed by atoms with Gasteiger partial charge in [-0.15, -0.1) is 0 Å². The molecule has 6 rings (SSSR count). The summed E-state index contributed by atoms with van der Waals surface area (Å²) in [5.74, 6) is -1.06. The number of furan rings is 2. The Morgan fingerprint density at radius 1 is 1.11 bits per heavy atom. The van der Waals surface area contributed by atoms with Crippen LogP contribution < -0.4 is 10.3 Å². The third-order valence-electron chi connectivity index (χ3n) is 6.16. The Hall–Kier alpha value is -4.23. The number of halogens is 1. The van der Waals surface area contributed by atoms with Crippen LogP contribution in [0.5, 0.6) is 5.75 Å². The maximum atomic E-state index is 13.8. The number of benzene rings is 3. The Morgan fingerprint density at radius 3 is 2.53 bits per heavy atom. The predicted molar refractivity (Wildman–Crippen MR) is 142 cm³/mol. The van der Waals surface area contributed by atoms with Crippen molar-refractivity contribution < 1.29 is 26.5 Å². The Bertz CT molecular complexity index is 2100. The summed E-state index contributed by atoms with van der Waals surface area (Å²) < 4.78 is 64.0. The van der Waals surface area contributed by atoms with Crippen molar-refractivity contribution in [3.05, 3.63) is 81.9 Å². The van der Waals surface area contributed by atoms with Gasteiger partial charge in [0.25, 0.3) is 5.56 Å². The van der Waals surface area contributed by atoms with E-state index in [9.17, 15) is 26.9 Å². The summed E-state index contributed by atoms with van der Waals surface area (Å²) in [6.45, 7) is 0.0363. The van der Waals surface area contributed by atoms with E-state index >= 15 is 0 Å². The van der Waals surface area contributed by atoms with E-state index < -0.39 is 36.9 Å². The lowest BCUT2D eigenvalue weighted by atomic mass is 10.1. The molecule has 1 unspecified atom stereocenters. The average molecular weight is 555 g/mol. The van der Waals surface area contributed by atoms with Gasteiger partial charge < -0.3 is 9.52 Å². The van der Waals surface area contributed by atoms with E-state index in [0.717, 1.165) is 6.26 Å². The molecule has 0 saturated heterocycles. The minimum absolute atomic E-state index is 0.0363. The minimum atomic E-state index is -3.58. The number of pyridine rings is 1. The van der Waals surface area contributed by atoms with Crippen molar-refractivity contribution in [1.82, 2.24) is 4.57 Å². The van der Waals surface area contributed by atoms with Gasteiger partial charge >= 0.3 is 0 Å². The summed E-state index contributed by atoms with van der Waals surface area (Å²) in [4.78, 5) is 18.4. The molecule has 0 saturated carbocycles. The van der Waals surface area contributed by atoms with E-state index in [1.165, 1.54) is 41.2 Å². The standard InChI is InChI=1S/C25H19FN4O6S2/c1-37(33)19-11-15(28-38(2,34)35)7-8-16(19)27-24(29-37)21-23(31)20-17-9-10-18(36-17)22(20)30(25(21)32)12-13-3-5-14(26)6-4-13/h3-11,28,31H,12H2,1-2H3. The fourth-order valence-electron chi connectivity index (χ4n) is 4.56. The highest BCUT2D eigenvalue weighted by Gasteiger charge is 2.29. The lowest BCUT2D eigenvalue weighted by Crippen LogP contribution is -2.28. The molecule has 0 radical (unpaired) electrons. The van der Waals surface area contributed by atoms with E-state index in [2.05, 4.69) is 14.1 Å². The van der Waals surface area contributed by atoms with Crippen LogP contribution in [-0.4, -0.2) is 40.6 Å². The first kappa shape index (κ1) is 24.1. The Labute approximate surface area is 215 Å². The normalized spacial score (nSPS) is 17.4. The molecule has 3 aromatic heterocycles. The van der Waals surface area contributed by atoms with Crippen LogP contribution in [0.3, 0.4) is 0 Å². The fraction of sp³-hybridized carbons (Fsp3) is 0.120. The summed E-state index contributed by atoms with van der Waals surface area (Å²) in [6.07, 6.45) is 2.33. The van der Waals surface area contributed by atoms with Crippen LogP contribution in [0.1, 0.15) is 11.1 Å². The van der Waals surface area contributed by atoms with Gasteiger partial charge in [0.1, 0.15) is 28.2 Å². The largest absolute Gasteiger partial charge is 0.506 e. The zero-order valence-electron chi connectivity index (χ0n) is 19.9. The van der Waals surface area contributed by atoms with E-state index in [4.69, 9.17) is 4.42 Å². The van der Waals surface area contributed by atoms with Crippen LogP contribution in [-0.2, 0) is 26.3 Å². The molecular formula is C25H19FN4O6S2. The second-order valence-corrected chi connectivity index (χ2v) is 13.0. The van der Waals surface area contributed by atoms with Gasteiger partial charge in [0.15, 0.2) is 11.4 Å². The van der Waals surface area contributed by atoms with Gasteiger partial charge in [-0.05, 0) is 48.0 Å². The fourth-order valence-corrected chi connectivity index (χ4v) is 6.52. The number of hydrogen-bond donors (Lipinski definition) is 2. The molecule has 10 nitrogen and oxygen atoms in total. The summed E-state index contributed by atoms with van der Waals surface area (Å²) in [5.41, 5.74) is 1.20. The van der Waals surface area contributed by atoms with Crippen molar-refractivity contribution in [2.24, 2.45) is 9.36 Å². The molecule has 38 heavy (non-hydrogen) atoms. The molecular weight excluding hydrogens is 535 g/mol. The third-order valence-corrected chi connectivity index (χ3v) is 8.43. The molecule has 2 N–H and O–H groups in total. The van der Waals surface area contributed by atoms with Crippen molar-refractivity contribution in [3.8, 4) is 5.75 Å². The molecule has 4 heterocycles. The number of aromatic hydroxyl groups is 1. The summed E-state index contributed by atoms with van der Waals surface area (Å²) >= 11 is 0. The number of rotatable bonds is 5. The highest BCUT2D eigenvalue weighted by atomic mass is 32.2. The number of anilines is 1. The van der Waals surface area contributed by atoms with Crippen molar-refractivity contribution in [3.63, 3.8) is 0 Å². The molecule has 0 spiro atoms. The van der Waals surface area contributed by atoms with E-state index in [1.807, 2.05) is 0 Å². The first-order valence-electron chi connectivity index (χ1n) is 11.2. The molecule has 1 aliphatic rings. The first-order valence-corrected chi connectivity index (χ1v) is 15.0. The molecule has 1 aliphatic heterocycles. The number of nitrogens with zero attached hydrogens (tertiary/aromatic N) is 3. The second kappa shape index (κ2) is 8.13. The monoisotopic (exact) mass is 554 g/mol. The van der Waals surface area contributed by atoms with Crippen LogP contribution in [0.4, 0.5) is 15.8 Å². The molecule has 5 aromatic rings. The Morgan fingerprint density at radius 2 is 1.82 bits per heavy atom. The van der Waals surface area contributed by atoms with Crippen LogP contribution in [0.25, 0.3) is 22.1 Å². The minimum Gasteiger partial charge on any atom is -0.506 e. The summed E-state index contributed by atoms with van der Waals surface area (Å²) in [6, 6.07) is 13.3. The van der Waals surface area contributed by atoms with Gasteiger partial charge in [0.05, 0.1) is 38.5 Å². The molecule has 2 bridgehead atoms. The van der Waals surface area contributed by atoms with Gasteiger partial charge in [-0.1, -0.05) is 12.1 Å². The van der Waals surface area contributed by atoms with Crippen LogP contribution in [0, 0.1) is 5.82 Å². The predicted octanol–water partition coefficient (Wildman–Crippen LogP) is 4.00. The molecule has 13 heteroatoms. The van der Waals surface area contributed by atoms with Crippen molar-refractivity contribution in [2.75, 3.05) is 17.2 Å². The van der Waals surface area contributed by atoms with Gasteiger partial charge in [0.2, 0.25) is 10.0 Å². The maximum Gasteiger partial charge on any atom is 0.266 e. The number of nitrogens with one attached hydrogen (secondary N) is 1. The number of hydrogen-bond acceptors (Lipinski definition) is 8. The molecule has 1 atom stereocenters. The quantitative estimate of drug-likeness (QED) is 0.336. The topological polar surface area (TPSA) is 143 Å². The smallest absolute Gasteiger partial charge is 0.266 e. The number of aliphatic imine (C=N–C) groups is 1. The Balaban J connectivity index is 1.58. The molecule has 2 aromatic carbocycles. The van der Waals surface area contributed by atoms with Gasteiger partial charge in [-0.25, -0.2) is 22.0 Å². The van der Waals surface area contributed by atoms with E-state index in [-0.39, 0.29) is 39.6 Å². The Kier molecular flexibility index (Phi) is 5.16. The van der Waals surface area contributed by atoms with Crippen LogP contribution in [0.15, 0.2) is 78.1 Å². The number of sulfonamides is 1. The highest BCUT2D eigenvalue weighted by Crippen LogP contribution is 2.40. The average Bonchev–Trinajstić information content (AvgIpc) is 3.45. The SMILES string of the molecule is CS(=O)(=O)Nc1ccc2c(c1)S(C)(=O)=NC(c1c(O)c3c4ccc(o4)c3n(Cc3ccc(F)cc3)c1=O)=N2. The number of aromatic nitrogens is 1. The van der Waals surface area contributed by atoms with Crippen molar-refractivity contribution in [2.45, 2.75) is 11.4 Å². The lowest BCUT2D eigenvalue weighted by Gasteiger charge is -2.18. The first-order chi connectivity index (χ1) is 17.9. The van der Waals surface area contributed by atoms with E-state index in [0.29, 0.717) is 22.2 Å². The summed E-state index contributed by atoms with van der Waals surface area (Å²) in [7, 11) is -6.78. The summed E-state index contributed by atoms with van der Waals surface area (Å²) in [5, 5.41) is 11.5. The zero-order chi connectivity index (χ0) is 27.0. The number of amidine groups is 1. The van der Waals surface area contributed by atoms with Crippen molar-refractivity contribution in [1.29, 1.82) is 0 Å². The van der Waals surface area contributed by atoms with E-state index in [1.54, 1.807) is 24.3 Å². The second-order valence-electron chi connectivity index (χ2n) is 9.01.